The number of nitrogens with one attached hydrogen (secondary N) is 4. The molecule has 1 heterocycles. The van der Waals surface area contributed by atoms with E-state index in [9.17, 15) is 24.0 Å². The Morgan fingerprint density at radius 1 is 1.02 bits per heavy atom. The minimum absolute atomic E-state index is 0.000327. The number of nitrogens with zero attached hydrogens (tertiary/aromatic N) is 1. The molecule has 1 aliphatic heterocycles. The minimum Gasteiger partial charge on any atom is -0.481 e. The van der Waals surface area contributed by atoms with Gasteiger partial charge in [-0.25, -0.2) is 0 Å². The van der Waals surface area contributed by atoms with Crippen LogP contribution in [0.5, 0.6) is 0 Å². The summed E-state index contributed by atoms with van der Waals surface area (Å²) < 4.78 is 0. The molecule has 4 amide bonds. The number of carboxylic acids is 1. The SMILES string of the molecule is CCC[C@H](NC(=O)[C@@H](NC(=O)CCCC(=O)O)[C@@H](C)CC)C(=O)N[C@H]1CC(C)N([C@@H](C)C(=O)NCc2cccc(CN)c2)C1. The molecule has 1 unspecified atom stereocenters. The monoisotopic (exact) mass is 616 g/mol. The van der Waals surface area contributed by atoms with E-state index < -0.39 is 35.9 Å². The van der Waals surface area contributed by atoms with Crippen molar-refractivity contribution in [2.45, 2.75) is 123 Å². The van der Waals surface area contributed by atoms with Crippen molar-refractivity contribution in [3.63, 3.8) is 0 Å². The van der Waals surface area contributed by atoms with Gasteiger partial charge in [0.15, 0.2) is 0 Å². The molecule has 2 rings (SSSR count). The number of benzene rings is 1. The van der Waals surface area contributed by atoms with Crippen LogP contribution in [0.4, 0.5) is 0 Å². The Morgan fingerprint density at radius 2 is 1.73 bits per heavy atom. The maximum Gasteiger partial charge on any atom is 0.303 e. The Morgan fingerprint density at radius 3 is 2.36 bits per heavy atom. The molecule has 1 aromatic carbocycles. The van der Waals surface area contributed by atoms with E-state index in [1.165, 1.54) is 0 Å². The Balaban J connectivity index is 1.96. The number of carbonyl (C=O) groups is 5. The van der Waals surface area contributed by atoms with Crippen molar-refractivity contribution < 1.29 is 29.1 Å². The summed E-state index contributed by atoms with van der Waals surface area (Å²) in [4.78, 5) is 64.9. The highest BCUT2D eigenvalue weighted by Gasteiger charge is 2.37. The molecular formula is C32H52N6O6. The molecule has 0 spiro atoms. The van der Waals surface area contributed by atoms with Gasteiger partial charge in [0.05, 0.1) is 6.04 Å². The predicted molar refractivity (Wildman–Crippen MR) is 168 cm³/mol. The van der Waals surface area contributed by atoms with Gasteiger partial charge in [0.1, 0.15) is 12.1 Å². The fourth-order valence-electron chi connectivity index (χ4n) is 5.52. The number of hydrogen-bond acceptors (Lipinski definition) is 7. The molecular weight excluding hydrogens is 564 g/mol. The van der Waals surface area contributed by atoms with Crippen molar-refractivity contribution in [3.05, 3.63) is 35.4 Å². The lowest BCUT2D eigenvalue weighted by molar-refractivity contribution is -0.137. The fraction of sp³-hybridized carbons (Fsp3) is 0.656. The fourth-order valence-corrected chi connectivity index (χ4v) is 5.52. The maximum atomic E-state index is 13.4. The van der Waals surface area contributed by atoms with Crippen LogP contribution in [-0.4, -0.2) is 76.4 Å². The number of carbonyl (C=O) groups excluding carboxylic acids is 4. The number of carboxylic acid groups (broad SMARTS) is 1. The van der Waals surface area contributed by atoms with Crippen LogP contribution in [0.15, 0.2) is 24.3 Å². The van der Waals surface area contributed by atoms with Gasteiger partial charge in [0, 0.05) is 44.6 Å². The Hall–Kier alpha value is -3.51. The molecule has 44 heavy (non-hydrogen) atoms. The highest BCUT2D eigenvalue weighted by atomic mass is 16.4. The first-order valence-electron chi connectivity index (χ1n) is 15.8. The second-order valence-corrected chi connectivity index (χ2v) is 11.9. The lowest BCUT2D eigenvalue weighted by Gasteiger charge is -2.28. The van der Waals surface area contributed by atoms with Crippen molar-refractivity contribution in [3.8, 4) is 0 Å². The quantitative estimate of drug-likeness (QED) is 0.144. The van der Waals surface area contributed by atoms with Crippen LogP contribution in [0.1, 0.15) is 90.7 Å². The van der Waals surface area contributed by atoms with Crippen LogP contribution in [0.25, 0.3) is 0 Å². The second kappa shape index (κ2) is 18.3. The summed E-state index contributed by atoms with van der Waals surface area (Å²) in [5, 5.41) is 20.5. The van der Waals surface area contributed by atoms with Gasteiger partial charge in [0.2, 0.25) is 23.6 Å². The molecule has 0 saturated carbocycles. The lowest BCUT2D eigenvalue weighted by Crippen LogP contribution is -2.56. The van der Waals surface area contributed by atoms with Gasteiger partial charge in [-0.3, -0.25) is 28.9 Å². The molecule has 6 atom stereocenters. The van der Waals surface area contributed by atoms with Crippen molar-refractivity contribution in [1.29, 1.82) is 0 Å². The first kappa shape index (κ1) is 36.7. The number of nitrogens with two attached hydrogens (primary N) is 1. The van der Waals surface area contributed by atoms with Crippen molar-refractivity contribution in [1.82, 2.24) is 26.2 Å². The van der Waals surface area contributed by atoms with Crippen LogP contribution in [0, 0.1) is 5.92 Å². The molecule has 1 aliphatic rings. The molecule has 0 bridgehead atoms. The molecule has 7 N–H and O–H groups in total. The lowest BCUT2D eigenvalue weighted by atomic mass is 9.97. The van der Waals surface area contributed by atoms with Crippen molar-refractivity contribution in [2.24, 2.45) is 11.7 Å². The van der Waals surface area contributed by atoms with Crippen molar-refractivity contribution >= 4 is 29.6 Å². The van der Waals surface area contributed by atoms with Gasteiger partial charge in [-0.2, -0.15) is 0 Å². The standard InChI is InChI=1S/C32H52N6O6/c1-6-10-26(36-32(44)29(20(3)7-2)37-27(39)13-9-14-28(40)41)31(43)35-25-15-21(4)38(19-25)22(5)30(42)34-18-24-12-8-11-23(16-24)17-33/h8,11-12,16,20-22,25-26,29H,6-7,9-10,13-15,17-19,33H2,1-5H3,(H,34,42)(H,35,43)(H,36,44)(H,37,39)(H,40,41)/t20-,21?,22-,25-,26-,29-/m0/s1. The number of amides is 4. The average molecular weight is 617 g/mol. The smallest absolute Gasteiger partial charge is 0.303 e. The number of likely N-dealkylation sites (tertiary alicyclic amines) is 1. The molecule has 1 saturated heterocycles. The molecule has 1 aromatic rings. The normalized spacial score (nSPS) is 19.3. The molecule has 0 aliphatic carbocycles. The summed E-state index contributed by atoms with van der Waals surface area (Å²) in [6.07, 6.45) is 2.42. The van der Waals surface area contributed by atoms with E-state index in [0.717, 1.165) is 11.1 Å². The highest BCUT2D eigenvalue weighted by molar-refractivity contribution is 5.92. The average Bonchev–Trinajstić information content (AvgIpc) is 3.36. The van der Waals surface area contributed by atoms with E-state index >= 15 is 0 Å². The summed E-state index contributed by atoms with van der Waals surface area (Å²) in [7, 11) is 0. The Labute approximate surface area is 261 Å². The van der Waals surface area contributed by atoms with Crippen LogP contribution in [-0.2, 0) is 37.1 Å². The topological polar surface area (TPSA) is 183 Å². The third-order valence-corrected chi connectivity index (χ3v) is 8.36. The highest BCUT2D eigenvalue weighted by Crippen LogP contribution is 2.21. The Kier molecular flexibility index (Phi) is 15.3. The van der Waals surface area contributed by atoms with Gasteiger partial charge in [-0.15, -0.1) is 0 Å². The van der Waals surface area contributed by atoms with E-state index in [1.54, 1.807) is 0 Å². The zero-order chi connectivity index (χ0) is 32.8. The minimum atomic E-state index is -0.982. The first-order chi connectivity index (χ1) is 20.9. The summed E-state index contributed by atoms with van der Waals surface area (Å²) >= 11 is 0. The van der Waals surface area contributed by atoms with Gasteiger partial charge in [-0.05, 0) is 50.2 Å². The molecule has 0 radical (unpaired) electrons. The second-order valence-electron chi connectivity index (χ2n) is 11.9. The zero-order valence-electron chi connectivity index (χ0n) is 26.9. The number of rotatable bonds is 18. The van der Waals surface area contributed by atoms with E-state index in [4.69, 9.17) is 10.8 Å². The van der Waals surface area contributed by atoms with Gasteiger partial charge < -0.3 is 32.1 Å². The molecule has 1 fully saturated rings. The van der Waals surface area contributed by atoms with Crippen LogP contribution in [0.2, 0.25) is 0 Å². The van der Waals surface area contributed by atoms with Crippen LogP contribution < -0.4 is 27.0 Å². The first-order valence-corrected chi connectivity index (χ1v) is 15.8. The molecule has 12 heteroatoms. The Bertz CT molecular complexity index is 1130. The van der Waals surface area contributed by atoms with E-state index in [1.807, 2.05) is 58.9 Å². The third-order valence-electron chi connectivity index (χ3n) is 8.36. The third kappa shape index (κ3) is 11.5. The number of aliphatic carboxylic acids is 1. The molecule has 246 valence electrons. The van der Waals surface area contributed by atoms with Crippen LogP contribution >= 0.6 is 0 Å². The van der Waals surface area contributed by atoms with E-state index in [0.29, 0.717) is 45.3 Å². The summed E-state index contributed by atoms with van der Waals surface area (Å²) in [5.74, 6) is -2.41. The van der Waals surface area contributed by atoms with Gasteiger partial charge >= 0.3 is 5.97 Å². The maximum absolute atomic E-state index is 13.4. The van der Waals surface area contributed by atoms with Gasteiger partial charge in [0.25, 0.3) is 0 Å². The summed E-state index contributed by atoms with van der Waals surface area (Å²) in [6, 6.07) is 5.63. The van der Waals surface area contributed by atoms with E-state index in [-0.39, 0.29) is 49.1 Å². The molecule has 0 aromatic heterocycles. The number of hydrogen-bond donors (Lipinski definition) is 6. The van der Waals surface area contributed by atoms with Crippen LogP contribution in [0.3, 0.4) is 0 Å². The summed E-state index contributed by atoms with van der Waals surface area (Å²) in [5.41, 5.74) is 7.70. The predicted octanol–water partition coefficient (Wildman–Crippen LogP) is 1.80. The molecule has 12 nitrogen and oxygen atoms in total. The van der Waals surface area contributed by atoms with Crippen molar-refractivity contribution in [2.75, 3.05) is 6.54 Å². The largest absolute Gasteiger partial charge is 0.481 e. The van der Waals surface area contributed by atoms with E-state index in [2.05, 4.69) is 26.2 Å². The summed E-state index contributed by atoms with van der Waals surface area (Å²) in [6.45, 7) is 10.9. The zero-order valence-corrected chi connectivity index (χ0v) is 26.9. The van der Waals surface area contributed by atoms with Gasteiger partial charge in [-0.1, -0.05) is 57.9 Å².